The summed E-state index contributed by atoms with van der Waals surface area (Å²) in [5.41, 5.74) is 1.74. The first kappa shape index (κ1) is 14.1. The minimum atomic E-state index is 0.761. The van der Waals surface area contributed by atoms with Crippen molar-refractivity contribution in [3.63, 3.8) is 0 Å². The molecular weight excluding hydrogens is 218 g/mol. The average Bonchev–Trinajstić information content (AvgIpc) is 2.90. The molecule has 1 fully saturated rings. The van der Waals surface area contributed by atoms with Crippen LogP contribution in [-0.4, -0.2) is 12.6 Å². The minimum absolute atomic E-state index is 0.761. The van der Waals surface area contributed by atoms with E-state index in [9.17, 15) is 0 Å². The fourth-order valence-corrected chi connectivity index (χ4v) is 3.64. The van der Waals surface area contributed by atoms with Crippen molar-refractivity contribution in [3.05, 3.63) is 11.6 Å². The van der Waals surface area contributed by atoms with Crippen LogP contribution in [0, 0.1) is 5.92 Å². The molecule has 0 saturated heterocycles. The molecule has 0 aromatic rings. The summed E-state index contributed by atoms with van der Waals surface area (Å²) in [5.74, 6) is 1.02. The van der Waals surface area contributed by atoms with Crippen molar-refractivity contribution in [2.24, 2.45) is 5.92 Å². The summed E-state index contributed by atoms with van der Waals surface area (Å²) in [5, 5.41) is 3.80. The molecule has 2 aliphatic carbocycles. The molecule has 0 spiro atoms. The number of allylic oxidation sites excluding steroid dienone is 1. The van der Waals surface area contributed by atoms with Gasteiger partial charge in [-0.15, -0.1) is 0 Å². The molecule has 0 radical (unpaired) electrons. The van der Waals surface area contributed by atoms with Crippen LogP contribution in [-0.2, 0) is 0 Å². The van der Waals surface area contributed by atoms with Gasteiger partial charge in [0.2, 0.25) is 0 Å². The van der Waals surface area contributed by atoms with E-state index in [-0.39, 0.29) is 0 Å². The van der Waals surface area contributed by atoms with E-state index in [2.05, 4.69) is 18.3 Å². The molecule has 1 heteroatoms. The van der Waals surface area contributed by atoms with Crippen LogP contribution >= 0.6 is 0 Å². The number of hydrogen-bond donors (Lipinski definition) is 1. The van der Waals surface area contributed by atoms with Crippen molar-refractivity contribution in [2.45, 2.75) is 83.6 Å². The maximum Gasteiger partial charge on any atom is 0.0107 e. The van der Waals surface area contributed by atoms with Crippen molar-refractivity contribution in [1.29, 1.82) is 0 Å². The summed E-state index contributed by atoms with van der Waals surface area (Å²) >= 11 is 0. The lowest BCUT2D eigenvalue weighted by molar-refractivity contribution is 0.380. The quantitative estimate of drug-likeness (QED) is 0.637. The van der Waals surface area contributed by atoms with Gasteiger partial charge in [0.05, 0.1) is 0 Å². The Balaban J connectivity index is 1.80. The third-order valence-corrected chi connectivity index (χ3v) is 4.67. The molecule has 18 heavy (non-hydrogen) atoms. The number of hydrogen-bond acceptors (Lipinski definition) is 1. The van der Waals surface area contributed by atoms with Crippen LogP contribution in [0.1, 0.15) is 77.6 Å². The first-order chi connectivity index (χ1) is 8.88. The Bertz CT molecular complexity index is 250. The van der Waals surface area contributed by atoms with Gasteiger partial charge in [-0.1, -0.05) is 44.3 Å². The summed E-state index contributed by atoms with van der Waals surface area (Å²) in [6, 6.07) is 0.761. The van der Waals surface area contributed by atoms with E-state index in [1.807, 2.05) is 0 Å². The molecule has 0 aliphatic heterocycles. The molecule has 104 valence electrons. The minimum Gasteiger partial charge on any atom is -0.314 e. The first-order valence-electron chi connectivity index (χ1n) is 8.29. The predicted molar refractivity (Wildman–Crippen MR) is 79.8 cm³/mol. The normalized spacial score (nSPS) is 23.1. The molecule has 0 heterocycles. The zero-order valence-electron chi connectivity index (χ0n) is 12.2. The van der Waals surface area contributed by atoms with Crippen LogP contribution in [0.4, 0.5) is 0 Å². The second kappa shape index (κ2) is 7.99. The largest absolute Gasteiger partial charge is 0.314 e. The highest BCUT2D eigenvalue weighted by molar-refractivity contribution is 5.07. The third-order valence-electron chi connectivity index (χ3n) is 4.67. The first-order valence-corrected chi connectivity index (χ1v) is 8.29. The Morgan fingerprint density at radius 1 is 1.22 bits per heavy atom. The Labute approximate surface area is 113 Å². The van der Waals surface area contributed by atoms with Gasteiger partial charge in [-0.2, -0.15) is 0 Å². The maximum atomic E-state index is 3.80. The van der Waals surface area contributed by atoms with Gasteiger partial charge in [-0.25, -0.2) is 0 Å². The molecule has 1 unspecified atom stereocenters. The SMILES string of the molecule is CCCNC(CC1=CCCCC1)CC1CCCC1. The van der Waals surface area contributed by atoms with Gasteiger partial charge in [0, 0.05) is 6.04 Å². The topological polar surface area (TPSA) is 12.0 Å². The molecule has 0 bridgehead atoms. The Morgan fingerprint density at radius 3 is 2.72 bits per heavy atom. The summed E-state index contributed by atoms with van der Waals surface area (Å²) in [4.78, 5) is 0. The number of nitrogens with one attached hydrogen (secondary N) is 1. The van der Waals surface area contributed by atoms with E-state index in [0.29, 0.717) is 0 Å². The van der Waals surface area contributed by atoms with E-state index in [1.165, 1.54) is 77.2 Å². The molecule has 1 nitrogen and oxygen atoms in total. The van der Waals surface area contributed by atoms with Gasteiger partial charge >= 0.3 is 0 Å². The zero-order valence-corrected chi connectivity index (χ0v) is 12.2. The van der Waals surface area contributed by atoms with Crippen LogP contribution in [0.25, 0.3) is 0 Å². The second-order valence-electron chi connectivity index (χ2n) is 6.35. The lowest BCUT2D eigenvalue weighted by Crippen LogP contribution is -2.32. The monoisotopic (exact) mass is 249 g/mol. The predicted octanol–water partition coefficient (Wildman–Crippen LogP) is 4.83. The smallest absolute Gasteiger partial charge is 0.0107 e. The van der Waals surface area contributed by atoms with Gasteiger partial charge in [-0.3, -0.25) is 0 Å². The van der Waals surface area contributed by atoms with Crippen molar-refractivity contribution >= 4 is 0 Å². The fraction of sp³-hybridized carbons (Fsp3) is 0.882. The lowest BCUT2D eigenvalue weighted by Gasteiger charge is -2.24. The van der Waals surface area contributed by atoms with Crippen molar-refractivity contribution in [3.8, 4) is 0 Å². The van der Waals surface area contributed by atoms with E-state index < -0.39 is 0 Å². The zero-order chi connectivity index (χ0) is 12.6. The van der Waals surface area contributed by atoms with Crippen molar-refractivity contribution in [1.82, 2.24) is 5.32 Å². The third kappa shape index (κ3) is 4.76. The van der Waals surface area contributed by atoms with Gasteiger partial charge in [0.25, 0.3) is 0 Å². The van der Waals surface area contributed by atoms with E-state index in [4.69, 9.17) is 0 Å². The summed E-state index contributed by atoms with van der Waals surface area (Å²) < 4.78 is 0. The Hall–Kier alpha value is -0.300. The number of rotatable bonds is 7. The standard InChI is InChI=1S/C17H31N/c1-2-12-18-17(14-16-10-6-7-11-16)13-15-8-4-3-5-9-15/h8,16-18H,2-7,9-14H2,1H3. The van der Waals surface area contributed by atoms with E-state index in [0.717, 1.165) is 12.0 Å². The second-order valence-corrected chi connectivity index (χ2v) is 6.35. The molecule has 1 saturated carbocycles. The lowest BCUT2D eigenvalue weighted by atomic mass is 9.89. The van der Waals surface area contributed by atoms with E-state index >= 15 is 0 Å². The molecule has 0 aromatic heterocycles. The van der Waals surface area contributed by atoms with Gasteiger partial charge in [0.15, 0.2) is 0 Å². The van der Waals surface area contributed by atoms with E-state index in [1.54, 1.807) is 5.57 Å². The molecule has 2 aliphatic rings. The Kier molecular flexibility index (Phi) is 6.26. The van der Waals surface area contributed by atoms with Crippen LogP contribution in [0.2, 0.25) is 0 Å². The highest BCUT2D eigenvalue weighted by Gasteiger charge is 2.20. The Morgan fingerprint density at radius 2 is 2.06 bits per heavy atom. The molecule has 2 rings (SSSR count). The summed E-state index contributed by atoms with van der Waals surface area (Å²) in [7, 11) is 0. The van der Waals surface area contributed by atoms with Gasteiger partial charge in [-0.05, 0) is 57.4 Å². The maximum absolute atomic E-state index is 3.80. The van der Waals surface area contributed by atoms with Crippen molar-refractivity contribution in [2.75, 3.05) is 6.54 Å². The van der Waals surface area contributed by atoms with Crippen LogP contribution in [0.15, 0.2) is 11.6 Å². The van der Waals surface area contributed by atoms with Crippen LogP contribution < -0.4 is 5.32 Å². The van der Waals surface area contributed by atoms with Crippen LogP contribution in [0.5, 0.6) is 0 Å². The fourth-order valence-electron chi connectivity index (χ4n) is 3.64. The van der Waals surface area contributed by atoms with Gasteiger partial charge in [0.1, 0.15) is 0 Å². The highest BCUT2D eigenvalue weighted by atomic mass is 14.9. The average molecular weight is 249 g/mol. The summed E-state index contributed by atoms with van der Waals surface area (Å²) in [6.07, 6.45) is 18.0. The van der Waals surface area contributed by atoms with Gasteiger partial charge < -0.3 is 5.32 Å². The molecule has 0 amide bonds. The molecule has 1 N–H and O–H groups in total. The highest BCUT2D eigenvalue weighted by Crippen LogP contribution is 2.31. The van der Waals surface area contributed by atoms with Crippen molar-refractivity contribution < 1.29 is 0 Å². The summed E-state index contributed by atoms with van der Waals surface area (Å²) in [6.45, 7) is 3.48. The molecule has 1 atom stereocenters. The molecule has 0 aromatic carbocycles. The molecular formula is C17H31N. The van der Waals surface area contributed by atoms with Crippen LogP contribution in [0.3, 0.4) is 0 Å².